The smallest absolute Gasteiger partial charge is 0.233 e. The van der Waals surface area contributed by atoms with E-state index in [0.29, 0.717) is 25.4 Å². The lowest BCUT2D eigenvalue weighted by Crippen LogP contribution is -2.44. The van der Waals surface area contributed by atoms with Crippen molar-refractivity contribution >= 4 is 27.5 Å². The highest BCUT2D eigenvalue weighted by atomic mass is 32.2. The average molecular weight is 463 g/mol. The van der Waals surface area contributed by atoms with Gasteiger partial charge in [-0.25, -0.2) is 8.42 Å². The van der Waals surface area contributed by atoms with E-state index in [4.69, 9.17) is 0 Å². The maximum atomic E-state index is 13.1. The number of aromatic nitrogens is 3. The van der Waals surface area contributed by atoms with Gasteiger partial charge in [-0.15, -0.1) is 10.2 Å². The number of sulfone groups is 1. The Hall–Kier alpha value is -1.87. The summed E-state index contributed by atoms with van der Waals surface area (Å²) in [6.45, 7) is 5.36. The van der Waals surface area contributed by atoms with Gasteiger partial charge in [-0.05, 0) is 30.7 Å². The molecule has 1 atom stereocenters. The first-order chi connectivity index (χ1) is 14.8. The summed E-state index contributed by atoms with van der Waals surface area (Å²) < 4.78 is 26.1. The summed E-state index contributed by atoms with van der Waals surface area (Å²) in [6, 6.07) is 9.99. The molecule has 168 valence electrons. The number of hydrogen-bond acceptors (Lipinski definition) is 6. The predicted molar refractivity (Wildman–Crippen MR) is 122 cm³/mol. The quantitative estimate of drug-likeness (QED) is 0.533. The van der Waals surface area contributed by atoms with Crippen LogP contribution in [0.4, 0.5) is 0 Å². The van der Waals surface area contributed by atoms with E-state index in [9.17, 15) is 13.2 Å². The Balaban J connectivity index is 1.47. The van der Waals surface area contributed by atoms with Crippen molar-refractivity contribution in [2.45, 2.75) is 56.8 Å². The third-order valence-corrected chi connectivity index (χ3v) is 8.43. The van der Waals surface area contributed by atoms with Crippen molar-refractivity contribution in [3.8, 4) is 0 Å². The van der Waals surface area contributed by atoms with Crippen molar-refractivity contribution < 1.29 is 13.2 Å². The highest BCUT2D eigenvalue weighted by Gasteiger charge is 2.35. The first-order valence-electron chi connectivity index (χ1n) is 10.9. The molecule has 9 heteroatoms. The van der Waals surface area contributed by atoms with Gasteiger partial charge in [-0.2, -0.15) is 0 Å². The van der Waals surface area contributed by atoms with Gasteiger partial charge in [0.25, 0.3) is 0 Å². The molecule has 7 nitrogen and oxygen atoms in total. The number of carbonyl (C=O) groups excluding carboxylic acids is 1. The highest BCUT2D eigenvalue weighted by molar-refractivity contribution is 7.99. The molecule has 2 aromatic rings. The molecule has 2 fully saturated rings. The average Bonchev–Trinajstić information content (AvgIpc) is 3.40. The van der Waals surface area contributed by atoms with Crippen molar-refractivity contribution in [3.05, 3.63) is 41.7 Å². The minimum atomic E-state index is -3.04. The van der Waals surface area contributed by atoms with Gasteiger partial charge in [0.1, 0.15) is 5.82 Å². The second kappa shape index (κ2) is 9.32. The lowest BCUT2D eigenvalue weighted by atomic mass is 10.1. The molecule has 0 spiro atoms. The normalized spacial score (nSPS) is 20.3. The topological polar surface area (TPSA) is 85.2 Å². The highest BCUT2D eigenvalue weighted by Crippen LogP contribution is 2.40. The Morgan fingerprint density at radius 1 is 1.19 bits per heavy atom. The minimum absolute atomic E-state index is 0.0250. The van der Waals surface area contributed by atoms with Gasteiger partial charge >= 0.3 is 0 Å². The van der Waals surface area contributed by atoms with Crippen LogP contribution >= 0.6 is 11.8 Å². The maximum Gasteiger partial charge on any atom is 0.233 e. The number of benzene rings is 1. The van der Waals surface area contributed by atoms with Crippen LogP contribution in [-0.2, 0) is 21.2 Å². The lowest BCUT2D eigenvalue weighted by molar-refractivity contribution is -0.130. The molecule has 1 aromatic heterocycles. The summed E-state index contributed by atoms with van der Waals surface area (Å²) in [5, 5.41) is 9.58. The number of nitrogens with zero attached hydrogens (tertiary/aromatic N) is 4. The fraction of sp³-hybridized carbons (Fsp3) is 0.591. The van der Waals surface area contributed by atoms with Gasteiger partial charge in [-0.3, -0.25) is 4.79 Å². The van der Waals surface area contributed by atoms with E-state index in [1.807, 2.05) is 18.2 Å². The molecule has 0 N–H and O–H groups in total. The molecule has 1 saturated heterocycles. The standard InChI is InChI=1S/C22H30N4O3S2/c1-16(2)12-25(19-10-11-31(28,29)15-19)20(27)14-30-22-24-23-21(18-8-9-18)26(22)13-17-6-4-3-5-7-17/h3-7,16,18-19H,8-15H2,1-2H3. The number of amides is 1. The summed E-state index contributed by atoms with van der Waals surface area (Å²) >= 11 is 1.40. The summed E-state index contributed by atoms with van der Waals surface area (Å²) in [7, 11) is -3.04. The molecular weight excluding hydrogens is 432 g/mol. The molecule has 1 amide bonds. The monoisotopic (exact) mass is 462 g/mol. The van der Waals surface area contributed by atoms with Crippen LogP contribution in [0.3, 0.4) is 0 Å². The van der Waals surface area contributed by atoms with Crippen LogP contribution in [0.5, 0.6) is 0 Å². The van der Waals surface area contributed by atoms with Crippen molar-refractivity contribution in [2.75, 3.05) is 23.8 Å². The van der Waals surface area contributed by atoms with Crippen LogP contribution in [-0.4, -0.2) is 63.8 Å². The number of rotatable bonds is 9. The molecule has 1 aliphatic carbocycles. The van der Waals surface area contributed by atoms with Crippen LogP contribution in [0, 0.1) is 5.92 Å². The summed E-state index contributed by atoms with van der Waals surface area (Å²) in [6.07, 6.45) is 2.80. The van der Waals surface area contributed by atoms with E-state index in [1.165, 1.54) is 17.3 Å². The Labute approximate surface area is 188 Å². The zero-order valence-electron chi connectivity index (χ0n) is 18.1. The third kappa shape index (κ3) is 5.68. The summed E-state index contributed by atoms with van der Waals surface area (Å²) in [5.74, 6) is 2.20. The van der Waals surface area contributed by atoms with E-state index < -0.39 is 9.84 Å². The SMILES string of the molecule is CC(C)CN(C(=O)CSc1nnc(C2CC2)n1Cc1ccccc1)C1CCS(=O)(=O)C1. The molecule has 31 heavy (non-hydrogen) atoms. The van der Waals surface area contributed by atoms with E-state index in [2.05, 4.69) is 40.7 Å². The van der Waals surface area contributed by atoms with Crippen LogP contribution in [0.2, 0.25) is 0 Å². The van der Waals surface area contributed by atoms with E-state index in [-0.39, 0.29) is 35.1 Å². The first kappa shape index (κ1) is 22.3. The molecule has 1 unspecified atom stereocenters. The zero-order valence-corrected chi connectivity index (χ0v) is 19.7. The van der Waals surface area contributed by atoms with Gasteiger partial charge in [0.15, 0.2) is 15.0 Å². The third-order valence-electron chi connectivity index (χ3n) is 5.73. The number of thioether (sulfide) groups is 1. The van der Waals surface area contributed by atoms with Gasteiger partial charge in [0.2, 0.25) is 5.91 Å². The lowest BCUT2D eigenvalue weighted by Gasteiger charge is -2.29. The fourth-order valence-corrected chi connectivity index (χ4v) is 6.60. The maximum absolute atomic E-state index is 13.1. The van der Waals surface area contributed by atoms with Gasteiger partial charge < -0.3 is 9.47 Å². The molecule has 1 aliphatic heterocycles. The Kier molecular flexibility index (Phi) is 6.71. The van der Waals surface area contributed by atoms with E-state index >= 15 is 0 Å². The van der Waals surface area contributed by atoms with Crippen LogP contribution < -0.4 is 0 Å². The summed E-state index contributed by atoms with van der Waals surface area (Å²) in [5.41, 5.74) is 1.18. The van der Waals surface area contributed by atoms with E-state index in [1.54, 1.807) is 4.90 Å². The Morgan fingerprint density at radius 3 is 2.55 bits per heavy atom. The zero-order chi connectivity index (χ0) is 22.0. The molecule has 1 aromatic carbocycles. The van der Waals surface area contributed by atoms with Crippen LogP contribution in [0.15, 0.2) is 35.5 Å². The second-order valence-electron chi connectivity index (χ2n) is 8.97. The Morgan fingerprint density at radius 2 is 1.94 bits per heavy atom. The summed E-state index contributed by atoms with van der Waals surface area (Å²) in [4.78, 5) is 14.9. The van der Waals surface area contributed by atoms with Crippen molar-refractivity contribution in [1.29, 1.82) is 0 Å². The van der Waals surface area contributed by atoms with Crippen LogP contribution in [0.25, 0.3) is 0 Å². The van der Waals surface area contributed by atoms with Gasteiger partial charge in [0, 0.05) is 18.5 Å². The van der Waals surface area contributed by atoms with Crippen LogP contribution in [0.1, 0.15) is 50.4 Å². The van der Waals surface area contributed by atoms with Crippen molar-refractivity contribution in [1.82, 2.24) is 19.7 Å². The number of hydrogen-bond donors (Lipinski definition) is 0. The molecular formula is C22H30N4O3S2. The van der Waals surface area contributed by atoms with Gasteiger partial charge in [-0.1, -0.05) is 55.9 Å². The largest absolute Gasteiger partial charge is 0.338 e. The molecule has 0 bridgehead atoms. The van der Waals surface area contributed by atoms with Crippen molar-refractivity contribution in [2.24, 2.45) is 5.92 Å². The second-order valence-corrected chi connectivity index (χ2v) is 12.1. The first-order valence-corrected chi connectivity index (χ1v) is 13.7. The molecule has 1 saturated carbocycles. The number of carbonyl (C=O) groups is 1. The molecule has 2 aliphatic rings. The van der Waals surface area contributed by atoms with Gasteiger partial charge in [0.05, 0.1) is 23.8 Å². The van der Waals surface area contributed by atoms with E-state index in [0.717, 1.165) is 23.8 Å². The molecule has 2 heterocycles. The minimum Gasteiger partial charge on any atom is -0.338 e. The molecule has 0 radical (unpaired) electrons. The molecule has 4 rings (SSSR count). The predicted octanol–water partition coefficient (Wildman–Crippen LogP) is 2.97. The Bertz CT molecular complexity index is 1020. The van der Waals surface area contributed by atoms with Crippen molar-refractivity contribution in [3.63, 3.8) is 0 Å². The fourth-order valence-electron chi connectivity index (χ4n) is 4.04.